The van der Waals surface area contributed by atoms with Crippen LogP contribution in [0.1, 0.15) is 11.1 Å². The maximum Gasteiger partial charge on any atom is 0.138 e. The van der Waals surface area contributed by atoms with E-state index < -0.39 is 6.10 Å². The average molecular weight is 350 g/mol. The van der Waals surface area contributed by atoms with Crippen LogP contribution >= 0.6 is 0 Å². The number of aromatic nitrogens is 3. The summed E-state index contributed by atoms with van der Waals surface area (Å²) in [4.78, 5) is 6.21. The Bertz CT molecular complexity index is 833. The number of rotatable bonds is 6. The third-order valence-electron chi connectivity index (χ3n) is 4.64. The Labute approximate surface area is 152 Å². The average Bonchev–Trinajstić information content (AvgIpc) is 3.21. The van der Waals surface area contributed by atoms with Gasteiger partial charge in [-0.15, -0.1) is 0 Å². The van der Waals surface area contributed by atoms with Gasteiger partial charge in [-0.2, -0.15) is 5.10 Å². The summed E-state index contributed by atoms with van der Waals surface area (Å²) in [5.41, 5.74) is 3.69. The third kappa shape index (κ3) is 3.92. The molecule has 4 rings (SSSR count). The van der Waals surface area contributed by atoms with Crippen molar-refractivity contribution < 1.29 is 9.84 Å². The van der Waals surface area contributed by atoms with Crippen LogP contribution < -0.4 is 4.74 Å². The van der Waals surface area contributed by atoms with Crippen molar-refractivity contribution in [3.05, 3.63) is 72.3 Å². The van der Waals surface area contributed by atoms with Crippen LogP contribution in [0.4, 0.5) is 0 Å². The van der Waals surface area contributed by atoms with Crippen LogP contribution in [0.15, 0.2) is 61.2 Å². The second kappa shape index (κ2) is 7.68. The van der Waals surface area contributed by atoms with E-state index in [0.717, 1.165) is 30.9 Å². The highest BCUT2D eigenvalue weighted by atomic mass is 16.5. The van der Waals surface area contributed by atoms with Crippen molar-refractivity contribution in [3.63, 3.8) is 0 Å². The van der Waals surface area contributed by atoms with Crippen LogP contribution in [0, 0.1) is 0 Å². The van der Waals surface area contributed by atoms with Gasteiger partial charge in [0.25, 0.3) is 0 Å². The molecule has 0 fully saturated rings. The van der Waals surface area contributed by atoms with Crippen molar-refractivity contribution in [3.8, 4) is 11.4 Å². The fourth-order valence-corrected chi connectivity index (χ4v) is 3.29. The zero-order valence-corrected chi connectivity index (χ0v) is 14.5. The van der Waals surface area contributed by atoms with Crippen LogP contribution in [0.25, 0.3) is 5.69 Å². The summed E-state index contributed by atoms with van der Waals surface area (Å²) >= 11 is 0. The van der Waals surface area contributed by atoms with Crippen molar-refractivity contribution in [1.29, 1.82) is 0 Å². The van der Waals surface area contributed by atoms with E-state index in [2.05, 4.69) is 39.2 Å². The summed E-state index contributed by atoms with van der Waals surface area (Å²) in [5, 5.41) is 14.4. The first-order valence-electron chi connectivity index (χ1n) is 8.83. The molecule has 0 radical (unpaired) electrons. The quantitative estimate of drug-likeness (QED) is 0.737. The zero-order chi connectivity index (χ0) is 17.8. The Kier molecular flexibility index (Phi) is 4.95. The van der Waals surface area contributed by atoms with Gasteiger partial charge in [0.2, 0.25) is 0 Å². The Morgan fingerprint density at radius 3 is 2.65 bits per heavy atom. The van der Waals surface area contributed by atoms with Gasteiger partial charge in [0, 0.05) is 19.6 Å². The molecule has 2 heterocycles. The number of hydrogen-bond acceptors (Lipinski definition) is 5. The fourth-order valence-electron chi connectivity index (χ4n) is 3.29. The van der Waals surface area contributed by atoms with E-state index in [1.54, 1.807) is 11.0 Å². The largest absolute Gasteiger partial charge is 0.491 e. The SMILES string of the molecule is OC(COc1ccc(-n2cncn2)cc1)CN1CCc2ccccc2C1. The van der Waals surface area contributed by atoms with Gasteiger partial charge in [-0.25, -0.2) is 9.67 Å². The van der Waals surface area contributed by atoms with Crippen LogP contribution in [0.2, 0.25) is 0 Å². The summed E-state index contributed by atoms with van der Waals surface area (Å²) in [7, 11) is 0. The molecule has 0 amide bonds. The van der Waals surface area contributed by atoms with Gasteiger partial charge in [-0.3, -0.25) is 4.90 Å². The molecule has 1 aliphatic rings. The van der Waals surface area contributed by atoms with Crippen LogP contribution in [0.3, 0.4) is 0 Å². The lowest BCUT2D eigenvalue weighted by Crippen LogP contribution is -2.38. The van der Waals surface area contributed by atoms with Crippen molar-refractivity contribution in [1.82, 2.24) is 19.7 Å². The molecular formula is C20H22N4O2. The van der Waals surface area contributed by atoms with E-state index in [4.69, 9.17) is 4.74 Å². The van der Waals surface area contributed by atoms with Crippen molar-refractivity contribution in [2.45, 2.75) is 19.1 Å². The lowest BCUT2D eigenvalue weighted by molar-refractivity contribution is 0.0638. The maximum absolute atomic E-state index is 10.3. The van der Waals surface area contributed by atoms with Gasteiger partial charge in [0.1, 0.15) is 31.1 Å². The molecule has 0 bridgehead atoms. The van der Waals surface area contributed by atoms with Crippen LogP contribution in [-0.2, 0) is 13.0 Å². The highest BCUT2D eigenvalue weighted by Crippen LogP contribution is 2.19. The first-order valence-corrected chi connectivity index (χ1v) is 8.83. The molecule has 1 N–H and O–H groups in total. The molecule has 0 saturated carbocycles. The van der Waals surface area contributed by atoms with Crippen molar-refractivity contribution in [2.75, 3.05) is 19.7 Å². The molecule has 1 unspecified atom stereocenters. The van der Waals surface area contributed by atoms with Gasteiger partial charge in [-0.05, 0) is 41.8 Å². The zero-order valence-electron chi connectivity index (χ0n) is 14.5. The van der Waals surface area contributed by atoms with E-state index in [0.29, 0.717) is 6.54 Å². The van der Waals surface area contributed by atoms with Gasteiger partial charge in [-0.1, -0.05) is 24.3 Å². The Morgan fingerprint density at radius 1 is 1.08 bits per heavy atom. The summed E-state index contributed by atoms with van der Waals surface area (Å²) < 4.78 is 7.42. The number of benzene rings is 2. The van der Waals surface area contributed by atoms with Crippen LogP contribution in [-0.4, -0.2) is 50.6 Å². The molecule has 1 aliphatic heterocycles. The van der Waals surface area contributed by atoms with Gasteiger partial charge < -0.3 is 9.84 Å². The molecule has 1 aromatic heterocycles. The van der Waals surface area contributed by atoms with Crippen LogP contribution in [0.5, 0.6) is 5.75 Å². The number of aliphatic hydroxyl groups excluding tert-OH is 1. The lowest BCUT2D eigenvalue weighted by atomic mass is 10.00. The number of aliphatic hydroxyl groups is 1. The minimum atomic E-state index is -0.518. The number of hydrogen-bond donors (Lipinski definition) is 1. The lowest BCUT2D eigenvalue weighted by Gasteiger charge is -2.30. The Balaban J connectivity index is 1.27. The van der Waals surface area contributed by atoms with E-state index in [1.807, 2.05) is 24.3 Å². The Hall–Kier alpha value is -2.70. The smallest absolute Gasteiger partial charge is 0.138 e. The molecule has 26 heavy (non-hydrogen) atoms. The number of fused-ring (bicyclic) bond motifs is 1. The molecule has 6 nitrogen and oxygen atoms in total. The number of ether oxygens (including phenoxy) is 1. The first-order chi connectivity index (χ1) is 12.8. The van der Waals surface area contributed by atoms with Gasteiger partial charge in [0.05, 0.1) is 5.69 Å². The number of β-amino-alcohol motifs (C(OH)–C–C–N with tert-alkyl or cyclic N) is 1. The normalized spacial score (nSPS) is 15.4. The van der Waals surface area contributed by atoms with Gasteiger partial charge >= 0.3 is 0 Å². The van der Waals surface area contributed by atoms with E-state index in [1.165, 1.54) is 17.5 Å². The molecule has 1 atom stereocenters. The first kappa shape index (κ1) is 16.8. The highest BCUT2D eigenvalue weighted by molar-refractivity contribution is 5.36. The topological polar surface area (TPSA) is 63.4 Å². The molecule has 134 valence electrons. The second-order valence-electron chi connectivity index (χ2n) is 6.55. The summed E-state index contributed by atoms with van der Waals surface area (Å²) in [6, 6.07) is 16.1. The summed E-state index contributed by atoms with van der Waals surface area (Å²) in [6.45, 7) is 2.76. The standard InChI is InChI=1S/C20H22N4O2/c25-19(12-23-10-9-16-3-1-2-4-17(16)11-23)13-26-20-7-5-18(6-8-20)24-15-21-14-22-24/h1-8,14-15,19,25H,9-13H2. The monoisotopic (exact) mass is 350 g/mol. The third-order valence-corrected chi connectivity index (χ3v) is 4.64. The number of nitrogens with zero attached hydrogens (tertiary/aromatic N) is 4. The van der Waals surface area contributed by atoms with Crippen molar-refractivity contribution in [2.24, 2.45) is 0 Å². The molecule has 0 spiro atoms. The molecular weight excluding hydrogens is 328 g/mol. The second-order valence-corrected chi connectivity index (χ2v) is 6.55. The van der Waals surface area contributed by atoms with Gasteiger partial charge in [0.15, 0.2) is 0 Å². The molecule has 0 aliphatic carbocycles. The molecule has 3 aromatic rings. The minimum absolute atomic E-state index is 0.279. The fraction of sp³-hybridized carbons (Fsp3) is 0.300. The maximum atomic E-state index is 10.3. The highest BCUT2D eigenvalue weighted by Gasteiger charge is 2.18. The van der Waals surface area contributed by atoms with E-state index in [-0.39, 0.29) is 6.61 Å². The van der Waals surface area contributed by atoms with E-state index in [9.17, 15) is 5.11 Å². The van der Waals surface area contributed by atoms with E-state index >= 15 is 0 Å². The minimum Gasteiger partial charge on any atom is -0.491 e. The predicted molar refractivity (Wildman–Crippen MR) is 98.3 cm³/mol. The Morgan fingerprint density at radius 2 is 1.88 bits per heavy atom. The van der Waals surface area contributed by atoms with Crippen molar-refractivity contribution >= 4 is 0 Å². The molecule has 0 saturated heterocycles. The summed E-state index contributed by atoms with van der Waals surface area (Å²) in [6.07, 6.45) is 3.67. The predicted octanol–water partition coefficient (Wildman–Crippen LogP) is 2.07. The molecule has 2 aromatic carbocycles. The summed E-state index contributed by atoms with van der Waals surface area (Å²) in [5.74, 6) is 0.733. The molecule has 6 heteroatoms.